The Labute approximate surface area is 320 Å². The van der Waals surface area contributed by atoms with Gasteiger partial charge in [0.2, 0.25) is 0 Å². The fourth-order valence-corrected chi connectivity index (χ4v) is 8.26. The van der Waals surface area contributed by atoms with Gasteiger partial charge in [-0.1, -0.05) is 150 Å². The molecule has 0 radical (unpaired) electrons. The number of hydrogen-bond donors (Lipinski definition) is 0. The number of aromatic nitrogens is 4. The summed E-state index contributed by atoms with van der Waals surface area (Å²) in [5.74, 6) is 0. The fraction of sp³-hybridized carbons (Fsp3) is 0.240. The number of rotatable bonds is 13. The zero-order valence-electron chi connectivity index (χ0n) is 32.1. The quantitative estimate of drug-likeness (QED) is 0.120. The predicted octanol–water partition coefficient (Wildman–Crippen LogP) is 13.2. The van der Waals surface area contributed by atoms with Gasteiger partial charge >= 0.3 is 0 Å². The Balaban J connectivity index is 1.34. The summed E-state index contributed by atoms with van der Waals surface area (Å²) >= 11 is 0. The Morgan fingerprint density at radius 3 is 1.13 bits per heavy atom. The molecular weight excluding hydrogens is 657 g/mol. The molecule has 4 heteroatoms. The first-order valence-electron chi connectivity index (χ1n) is 20.0. The molecule has 0 saturated carbocycles. The van der Waals surface area contributed by atoms with Crippen molar-refractivity contribution in [2.75, 3.05) is 0 Å². The molecule has 0 amide bonds. The summed E-state index contributed by atoms with van der Waals surface area (Å²) in [7, 11) is 0. The number of aryl methyl sites for hydroxylation is 4. The van der Waals surface area contributed by atoms with Crippen LogP contribution in [0.1, 0.15) is 75.6 Å². The minimum absolute atomic E-state index is 0.980. The largest absolute Gasteiger partial charge is 0.232 e. The molecule has 0 aliphatic heterocycles. The molecule has 54 heavy (non-hydrogen) atoms. The van der Waals surface area contributed by atoms with E-state index in [-0.39, 0.29) is 0 Å². The Morgan fingerprint density at radius 2 is 0.741 bits per heavy atom. The van der Waals surface area contributed by atoms with Crippen LogP contribution < -0.4 is 0 Å². The molecule has 6 aromatic carbocycles. The first-order chi connectivity index (χ1) is 26.6. The molecule has 0 bridgehead atoms. The first-order valence-corrected chi connectivity index (χ1v) is 20.0. The van der Waals surface area contributed by atoms with Crippen LogP contribution in [0.15, 0.2) is 133 Å². The average Bonchev–Trinajstić information content (AvgIpc) is 3.79. The fourth-order valence-electron chi connectivity index (χ4n) is 8.26. The normalized spacial score (nSPS) is 11.6. The number of fused-ring (bicyclic) bond motifs is 2. The van der Waals surface area contributed by atoms with Gasteiger partial charge in [0.1, 0.15) is 11.4 Å². The maximum atomic E-state index is 5.36. The number of hydrogen-bond acceptors (Lipinski definition) is 2. The molecule has 4 nitrogen and oxygen atoms in total. The first kappa shape index (κ1) is 35.3. The molecule has 0 atom stereocenters. The summed E-state index contributed by atoms with van der Waals surface area (Å²) in [6.07, 6.45) is 8.21. The third-order valence-corrected chi connectivity index (χ3v) is 10.7. The zero-order valence-corrected chi connectivity index (χ0v) is 32.1. The Morgan fingerprint density at radius 1 is 0.389 bits per heavy atom. The van der Waals surface area contributed by atoms with Crippen LogP contribution in [-0.2, 0) is 25.7 Å². The van der Waals surface area contributed by atoms with Gasteiger partial charge in [-0.3, -0.25) is 0 Å². The van der Waals surface area contributed by atoms with E-state index in [1.54, 1.807) is 0 Å². The molecule has 0 aliphatic carbocycles. The van der Waals surface area contributed by atoms with Gasteiger partial charge < -0.3 is 0 Å². The van der Waals surface area contributed by atoms with Gasteiger partial charge in [0.05, 0.1) is 22.4 Å². The third kappa shape index (κ3) is 6.55. The molecule has 0 aliphatic rings. The van der Waals surface area contributed by atoms with Crippen LogP contribution in [0.5, 0.6) is 0 Å². The topological polar surface area (TPSA) is 35.6 Å². The van der Waals surface area contributed by atoms with Crippen molar-refractivity contribution in [2.45, 2.75) is 79.1 Å². The summed E-state index contributed by atoms with van der Waals surface area (Å²) in [6.45, 7) is 9.17. The molecule has 0 saturated heterocycles. The highest BCUT2D eigenvalue weighted by Crippen LogP contribution is 2.39. The summed E-state index contributed by atoms with van der Waals surface area (Å²) < 4.78 is 4.44. The van der Waals surface area contributed by atoms with E-state index in [1.165, 1.54) is 55.5 Å². The van der Waals surface area contributed by atoms with Crippen LogP contribution in [-0.4, -0.2) is 19.6 Å². The van der Waals surface area contributed by atoms with Crippen molar-refractivity contribution in [3.63, 3.8) is 0 Å². The van der Waals surface area contributed by atoms with Gasteiger partial charge in [0, 0.05) is 21.9 Å². The monoisotopic (exact) mass is 706 g/mol. The van der Waals surface area contributed by atoms with Crippen LogP contribution in [0.3, 0.4) is 0 Å². The summed E-state index contributed by atoms with van der Waals surface area (Å²) in [6, 6.07) is 48.5. The highest BCUT2D eigenvalue weighted by Gasteiger charge is 2.22. The minimum atomic E-state index is 0.980. The van der Waals surface area contributed by atoms with Crippen LogP contribution in [0.25, 0.3) is 66.8 Å². The van der Waals surface area contributed by atoms with E-state index in [4.69, 9.17) is 10.2 Å². The molecule has 2 aromatic heterocycles. The van der Waals surface area contributed by atoms with Crippen molar-refractivity contribution in [3.05, 3.63) is 156 Å². The number of benzene rings is 6. The van der Waals surface area contributed by atoms with Gasteiger partial charge in [0.25, 0.3) is 0 Å². The van der Waals surface area contributed by atoms with Crippen LogP contribution in [0.4, 0.5) is 0 Å². The van der Waals surface area contributed by atoms with Crippen LogP contribution >= 0.6 is 0 Å². The highest BCUT2D eigenvalue weighted by atomic mass is 15.3. The van der Waals surface area contributed by atoms with Gasteiger partial charge in [-0.05, 0) is 95.5 Å². The molecule has 0 spiro atoms. The van der Waals surface area contributed by atoms with Gasteiger partial charge in [0.15, 0.2) is 0 Å². The average molecular weight is 707 g/mol. The Kier molecular flexibility index (Phi) is 10.3. The van der Waals surface area contributed by atoms with E-state index >= 15 is 0 Å². The lowest BCUT2D eigenvalue weighted by atomic mass is 9.86. The SMILES string of the molecule is CCCc1cc(-n2nc(-c3ccccc3)c3ccccc32)c(CCC)cc1-c1cc(CCC)c(-n2nc(-c3ccccc3)c3ccccc32)cc1CCC. The second-order valence-electron chi connectivity index (χ2n) is 14.6. The molecule has 2 heterocycles. The number of nitrogens with zero attached hydrogens (tertiary/aromatic N) is 4. The summed E-state index contributed by atoms with van der Waals surface area (Å²) in [5, 5.41) is 13.1. The maximum absolute atomic E-state index is 5.36. The van der Waals surface area contributed by atoms with E-state index in [2.05, 4.69) is 171 Å². The van der Waals surface area contributed by atoms with Crippen molar-refractivity contribution in [3.8, 4) is 45.0 Å². The lowest BCUT2D eigenvalue weighted by Crippen LogP contribution is -2.08. The third-order valence-electron chi connectivity index (χ3n) is 10.7. The molecule has 0 unspecified atom stereocenters. The molecule has 0 N–H and O–H groups in total. The van der Waals surface area contributed by atoms with E-state index in [1.807, 2.05) is 0 Å². The van der Waals surface area contributed by atoms with E-state index in [0.717, 1.165) is 84.9 Å². The summed E-state index contributed by atoms with van der Waals surface area (Å²) in [5.41, 5.74) is 17.2. The molecule has 0 fully saturated rings. The van der Waals surface area contributed by atoms with Crippen molar-refractivity contribution >= 4 is 21.8 Å². The lowest BCUT2D eigenvalue weighted by Gasteiger charge is -2.22. The van der Waals surface area contributed by atoms with E-state index < -0.39 is 0 Å². The van der Waals surface area contributed by atoms with E-state index in [9.17, 15) is 0 Å². The molecule has 8 rings (SSSR count). The molecular formula is C50H50N4. The van der Waals surface area contributed by atoms with Crippen molar-refractivity contribution in [1.29, 1.82) is 0 Å². The smallest absolute Gasteiger partial charge is 0.101 e. The number of para-hydroxylation sites is 2. The zero-order chi connectivity index (χ0) is 37.0. The summed E-state index contributed by atoms with van der Waals surface area (Å²) in [4.78, 5) is 0. The van der Waals surface area contributed by atoms with Crippen molar-refractivity contribution in [1.82, 2.24) is 19.6 Å². The second kappa shape index (κ2) is 15.7. The molecule has 270 valence electrons. The van der Waals surface area contributed by atoms with Gasteiger partial charge in [-0.2, -0.15) is 10.2 Å². The Bertz CT molecular complexity index is 2360. The maximum Gasteiger partial charge on any atom is 0.101 e. The standard InChI is InChI=1S/C50H50N4/c1-5-19-37-33-47(53-45-29-17-15-27-41(45)49(51-53)35-23-11-9-12-24-35)39(21-7-3)31-43(37)44-32-40(22-8-4)48(34-38(44)20-6-2)54-46-30-18-16-28-42(46)50(52-54)36-25-13-10-14-26-36/h9-18,23-34H,5-8,19-22H2,1-4H3. The molecule has 8 aromatic rings. The highest BCUT2D eigenvalue weighted by molar-refractivity contribution is 5.95. The minimum Gasteiger partial charge on any atom is -0.232 e. The van der Waals surface area contributed by atoms with Crippen LogP contribution in [0, 0.1) is 0 Å². The van der Waals surface area contributed by atoms with Gasteiger partial charge in [-0.15, -0.1) is 0 Å². The Hall–Kier alpha value is -5.74. The van der Waals surface area contributed by atoms with Crippen LogP contribution in [0.2, 0.25) is 0 Å². The van der Waals surface area contributed by atoms with E-state index in [0.29, 0.717) is 0 Å². The second-order valence-corrected chi connectivity index (χ2v) is 14.6. The predicted molar refractivity (Wildman–Crippen MR) is 228 cm³/mol. The van der Waals surface area contributed by atoms with Gasteiger partial charge in [-0.25, -0.2) is 9.36 Å². The lowest BCUT2D eigenvalue weighted by molar-refractivity contribution is 0.845. The van der Waals surface area contributed by atoms with Crippen molar-refractivity contribution < 1.29 is 0 Å². The van der Waals surface area contributed by atoms with Crippen molar-refractivity contribution in [2.24, 2.45) is 0 Å².